The van der Waals surface area contributed by atoms with Gasteiger partial charge in [-0.25, -0.2) is 0 Å². The highest BCUT2D eigenvalue weighted by Gasteiger charge is 2.35. The van der Waals surface area contributed by atoms with E-state index in [1.807, 2.05) is 0 Å². The molecule has 0 unspecified atom stereocenters. The number of aryl methyl sites for hydroxylation is 2. The Morgan fingerprint density at radius 2 is 1.75 bits per heavy atom. The molecule has 1 saturated carbocycles. The van der Waals surface area contributed by atoms with Gasteiger partial charge in [-0.1, -0.05) is 18.2 Å². The molecule has 0 radical (unpaired) electrons. The molecule has 2 rings (SSSR count). The highest BCUT2D eigenvalue weighted by atomic mass is 16.5. The normalized spacial score (nSPS) is 18.7. The molecule has 0 saturated heterocycles. The van der Waals surface area contributed by atoms with Crippen molar-refractivity contribution in [1.82, 2.24) is 0 Å². The maximum atomic E-state index is 6.25. The van der Waals surface area contributed by atoms with Crippen LogP contribution in [0.3, 0.4) is 0 Å². The predicted octanol–water partition coefficient (Wildman–Crippen LogP) is 2.95. The molecular formula is C14H21NO. The summed E-state index contributed by atoms with van der Waals surface area (Å²) in [5.41, 5.74) is 8.21. The number of para-hydroxylation sites is 1. The average molecular weight is 219 g/mol. The quantitative estimate of drug-likeness (QED) is 0.848. The SMILES string of the molecule is Cc1cccc(C)c1OC1(CN)CCCC1. The van der Waals surface area contributed by atoms with E-state index in [0.717, 1.165) is 18.6 Å². The van der Waals surface area contributed by atoms with Crippen LogP contribution < -0.4 is 10.5 Å². The van der Waals surface area contributed by atoms with Gasteiger partial charge in [-0.05, 0) is 50.7 Å². The number of hydrogen-bond acceptors (Lipinski definition) is 2. The fourth-order valence-electron chi connectivity index (χ4n) is 2.54. The minimum Gasteiger partial charge on any atom is -0.485 e. The van der Waals surface area contributed by atoms with E-state index in [1.54, 1.807) is 0 Å². The van der Waals surface area contributed by atoms with Gasteiger partial charge in [-0.15, -0.1) is 0 Å². The van der Waals surface area contributed by atoms with Crippen LogP contribution in [0, 0.1) is 13.8 Å². The summed E-state index contributed by atoms with van der Waals surface area (Å²) < 4.78 is 6.25. The zero-order valence-corrected chi connectivity index (χ0v) is 10.3. The Morgan fingerprint density at radius 3 is 2.25 bits per heavy atom. The molecule has 2 nitrogen and oxygen atoms in total. The van der Waals surface area contributed by atoms with Gasteiger partial charge in [-0.2, -0.15) is 0 Å². The van der Waals surface area contributed by atoms with Gasteiger partial charge < -0.3 is 10.5 Å². The molecule has 1 aromatic carbocycles. The van der Waals surface area contributed by atoms with Gasteiger partial charge >= 0.3 is 0 Å². The summed E-state index contributed by atoms with van der Waals surface area (Å²) in [5, 5.41) is 0. The van der Waals surface area contributed by atoms with E-state index in [9.17, 15) is 0 Å². The molecule has 1 fully saturated rings. The lowest BCUT2D eigenvalue weighted by Gasteiger charge is -2.30. The third-order valence-corrected chi connectivity index (χ3v) is 3.61. The summed E-state index contributed by atoms with van der Waals surface area (Å²) in [4.78, 5) is 0. The van der Waals surface area contributed by atoms with E-state index in [1.165, 1.54) is 24.0 Å². The first-order chi connectivity index (χ1) is 7.67. The summed E-state index contributed by atoms with van der Waals surface area (Å²) in [7, 11) is 0. The van der Waals surface area contributed by atoms with Gasteiger partial charge in [0.2, 0.25) is 0 Å². The topological polar surface area (TPSA) is 35.2 Å². The number of benzene rings is 1. The molecule has 0 aliphatic heterocycles. The number of ether oxygens (including phenoxy) is 1. The van der Waals surface area contributed by atoms with Gasteiger partial charge in [-0.3, -0.25) is 0 Å². The highest BCUT2D eigenvalue weighted by Crippen LogP contribution is 2.36. The second-order valence-electron chi connectivity index (χ2n) is 4.92. The van der Waals surface area contributed by atoms with Crippen molar-refractivity contribution < 1.29 is 4.74 Å². The first kappa shape index (κ1) is 11.5. The molecule has 2 heteroatoms. The van der Waals surface area contributed by atoms with Crippen molar-refractivity contribution in [3.05, 3.63) is 29.3 Å². The Morgan fingerprint density at radius 1 is 1.19 bits per heavy atom. The maximum absolute atomic E-state index is 6.25. The molecule has 2 N–H and O–H groups in total. The van der Waals surface area contributed by atoms with E-state index in [2.05, 4.69) is 32.0 Å². The van der Waals surface area contributed by atoms with E-state index in [-0.39, 0.29) is 5.60 Å². The summed E-state index contributed by atoms with van der Waals surface area (Å²) in [5.74, 6) is 1.04. The van der Waals surface area contributed by atoms with Crippen LogP contribution in [-0.4, -0.2) is 12.1 Å². The minimum atomic E-state index is -0.100. The van der Waals surface area contributed by atoms with Crippen molar-refractivity contribution in [2.24, 2.45) is 5.73 Å². The Hall–Kier alpha value is -1.02. The zero-order valence-electron chi connectivity index (χ0n) is 10.3. The van der Waals surface area contributed by atoms with Crippen LogP contribution >= 0.6 is 0 Å². The standard InChI is InChI=1S/C14H21NO/c1-11-6-5-7-12(2)13(11)16-14(10-15)8-3-4-9-14/h5-7H,3-4,8-10,15H2,1-2H3. The largest absolute Gasteiger partial charge is 0.485 e. The van der Waals surface area contributed by atoms with Gasteiger partial charge in [0.15, 0.2) is 0 Å². The molecule has 88 valence electrons. The van der Waals surface area contributed by atoms with Crippen LogP contribution in [-0.2, 0) is 0 Å². The number of hydrogen-bond donors (Lipinski definition) is 1. The molecule has 0 heterocycles. The Bertz CT molecular complexity index is 347. The lowest BCUT2D eigenvalue weighted by atomic mass is 10.0. The van der Waals surface area contributed by atoms with E-state index >= 15 is 0 Å². The van der Waals surface area contributed by atoms with Crippen molar-refractivity contribution in [3.8, 4) is 5.75 Å². The smallest absolute Gasteiger partial charge is 0.126 e. The Labute approximate surface area is 97.8 Å². The summed E-state index contributed by atoms with van der Waals surface area (Å²) in [6.45, 7) is 4.82. The lowest BCUT2D eigenvalue weighted by Crippen LogP contribution is -2.41. The van der Waals surface area contributed by atoms with Crippen molar-refractivity contribution >= 4 is 0 Å². The van der Waals surface area contributed by atoms with Gasteiger partial charge in [0.1, 0.15) is 11.4 Å². The monoisotopic (exact) mass is 219 g/mol. The molecule has 0 atom stereocenters. The molecule has 1 aliphatic carbocycles. The third kappa shape index (κ3) is 2.07. The summed E-state index contributed by atoms with van der Waals surface area (Å²) in [6.07, 6.45) is 4.67. The predicted molar refractivity (Wildman–Crippen MR) is 66.8 cm³/mol. The van der Waals surface area contributed by atoms with E-state index in [0.29, 0.717) is 6.54 Å². The van der Waals surface area contributed by atoms with Crippen LogP contribution in [0.4, 0.5) is 0 Å². The Kier molecular flexibility index (Phi) is 3.20. The molecular weight excluding hydrogens is 198 g/mol. The number of rotatable bonds is 3. The maximum Gasteiger partial charge on any atom is 0.126 e. The van der Waals surface area contributed by atoms with Crippen LogP contribution in [0.5, 0.6) is 5.75 Å². The highest BCUT2D eigenvalue weighted by molar-refractivity contribution is 5.40. The minimum absolute atomic E-state index is 0.100. The lowest BCUT2D eigenvalue weighted by molar-refractivity contribution is 0.0836. The van der Waals surface area contributed by atoms with Gasteiger partial charge in [0, 0.05) is 6.54 Å². The van der Waals surface area contributed by atoms with Crippen molar-refractivity contribution in [2.75, 3.05) is 6.54 Å². The van der Waals surface area contributed by atoms with Gasteiger partial charge in [0.05, 0.1) is 0 Å². The van der Waals surface area contributed by atoms with Crippen LogP contribution in [0.2, 0.25) is 0 Å². The fraction of sp³-hybridized carbons (Fsp3) is 0.571. The summed E-state index contributed by atoms with van der Waals surface area (Å²) in [6, 6.07) is 6.27. The average Bonchev–Trinajstić information content (AvgIpc) is 2.73. The fourth-order valence-corrected chi connectivity index (χ4v) is 2.54. The molecule has 1 aromatic rings. The van der Waals surface area contributed by atoms with Crippen molar-refractivity contribution in [2.45, 2.75) is 45.1 Å². The van der Waals surface area contributed by atoms with Gasteiger partial charge in [0.25, 0.3) is 0 Å². The molecule has 1 aliphatic rings. The van der Waals surface area contributed by atoms with Crippen LogP contribution in [0.15, 0.2) is 18.2 Å². The zero-order chi connectivity index (χ0) is 11.6. The van der Waals surface area contributed by atoms with Crippen LogP contribution in [0.25, 0.3) is 0 Å². The van der Waals surface area contributed by atoms with E-state index < -0.39 is 0 Å². The van der Waals surface area contributed by atoms with Crippen LogP contribution in [0.1, 0.15) is 36.8 Å². The second-order valence-corrected chi connectivity index (χ2v) is 4.92. The van der Waals surface area contributed by atoms with Crippen molar-refractivity contribution in [3.63, 3.8) is 0 Å². The molecule has 0 aromatic heterocycles. The number of nitrogens with two attached hydrogens (primary N) is 1. The molecule has 0 bridgehead atoms. The van der Waals surface area contributed by atoms with Crippen molar-refractivity contribution in [1.29, 1.82) is 0 Å². The summed E-state index contributed by atoms with van der Waals surface area (Å²) >= 11 is 0. The Balaban J connectivity index is 2.25. The molecule has 0 amide bonds. The first-order valence-electron chi connectivity index (χ1n) is 6.12. The van der Waals surface area contributed by atoms with E-state index in [4.69, 9.17) is 10.5 Å². The molecule has 0 spiro atoms. The first-order valence-corrected chi connectivity index (χ1v) is 6.12. The second kappa shape index (κ2) is 4.46. The third-order valence-electron chi connectivity index (χ3n) is 3.61. The molecule has 16 heavy (non-hydrogen) atoms.